The van der Waals surface area contributed by atoms with Crippen molar-refractivity contribution in [3.63, 3.8) is 0 Å². The van der Waals surface area contributed by atoms with Crippen molar-refractivity contribution >= 4 is 22.9 Å². The van der Waals surface area contributed by atoms with Gasteiger partial charge in [0.1, 0.15) is 0 Å². The van der Waals surface area contributed by atoms with Gasteiger partial charge in [-0.25, -0.2) is 4.98 Å². The highest BCUT2D eigenvalue weighted by molar-refractivity contribution is 5.83. The summed E-state index contributed by atoms with van der Waals surface area (Å²) < 4.78 is 20.5. The number of aliphatic hydroxyl groups is 1. The number of fused-ring (bicyclic) bond motifs is 1. The number of nitrogens with one attached hydrogen (secondary N) is 1. The molecule has 9 heteroatoms. The first-order valence-electron chi connectivity index (χ1n) is 15.8. The van der Waals surface area contributed by atoms with Crippen LogP contribution in [0.1, 0.15) is 55.4 Å². The molecule has 4 aromatic carbocycles. The van der Waals surface area contributed by atoms with Gasteiger partial charge in [0.05, 0.1) is 42.7 Å². The molecule has 9 nitrogen and oxygen atoms in total. The average Bonchev–Trinajstić information content (AvgIpc) is 3.50. The maximum atomic E-state index is 12.3. The van der Waals surface area contributed by atoms with Crippen LogP contribution in [-0.2, 0) is 43.5 Å². The smallest absolute Gasteiger partial charge is 0.303 e. The molecule has 6 rings (SSSR count). The lowest BCUT2D eigenvalue weighted by molar-refractivity contribution is -0.276. The summed E-state index contributed by atoms with van der Waals surface area (Å²) in [7, 11) is 0. The average molecular weight is 634 g/mol. The Balaban J connectivity index is 1.21. The van der Waals surface area contributed by atoms with Crippen LogP contribution in [0.2, 0.25) is 0 Å². The maximum Gasteiger partial charge on any atom is 0.303 e. The molecular weight excluding hydrogens is 594 g/mol. The summed E-state index contributed by atoms with van der Waals surface area (Å²) in [6.45, 7) is 5.90. The minimum atomic E-state index is -0.853. The Morgan fingerprint density at radius 2 is 1.66 bits per heavy atom. The zero-order valence-electron chi connectivity index (χ0n) is 26.7. The van der Waals surface area contributed by atoms with Gasteiger partial charge in [-0.1, -0.05) is 85.8 Å². The number of nitrogens with zero attached hydrogens (tertiary/aromatic N) is 2. The number of para-hydroxylation sites is 2. The van der Waals surface area contributed by atoms with E-state index in [1.165, 1.54) is 6.92 Å². The molecular formula is C38H39N3O6. The van der Waals surface area contributed by atoms with E-state index in [4.69, 9.17) is 14.2 Å². The van der Waals surface area contributed by atoms with Gasteiger partial charge in [-0.2, -0.15) is 0 Å². The van der Waals surface area contributed by atoms with Gasteiger partial charge in [0.2, 0.25) is 0 Å². The van der Waals surface area contributed by atoms with Crippen molar-refractivity contribution in [2.75, 3.05) is 0 Å². The fourth-order valence-corrected chi connectivity index (χ4v) is 6.01. The summed E-state index contributed by atoms with van der Waals surface area (Å²) in [4.78, 5) is 28.1. The van der Waals surface area contributed by atoms with Crippen LogP contribution < -0.4 is 5.32 Å². The summed E-state index contributed by atoms with van der Waals surface area (Å²) in [6.07, 6.45) is 0.0306. The van der Waals surface area contributed by atoms with Crippen LogP contribution in [0.25, 0.3) is 22.2 Å². The van der Waals surface area contributed by atoms with Crippen LogP contribution >= 0.6 is 0 Å². The first-order chi connectivity index (χ1) is 22.8. The molecule has 0 saturated carbocycles. The Labute approximate surface area is 274 Å². The van der Waals surface area contributed by atoms with Gasteiger partial charge in [0.25, 0.3) is 5.91 Å². The van der Waals surface area contributed by atoms with Gasteiger partial charge in [-0.05, 0) is 52.9 Å². The van der Waals surface area contributed by atoms with Crippen molar-refractivity contribution in [2.45, 2.75) is 65.1 Å². The second-order valence-corrected chi connectivity index (χ2v) is 12.0. The van der Waals surface area contributed by atoms with Crippen molar-refractivity contribution in [3.8, 4) is 11.1 Å². The predicted octanol–water partition coefficient (Wildman–Crippen LogP) is 6.26. The number of carbonyl (C=O) groups is 2. The molecule has 1 amide bonds. The normalized spacial score (nSPS) is 20.1. The lowest BCUT2D eigenvalue weighted by atomic mass is 9.90. The third-order valence-electron chi connectivity index (χ3n) is 8.65. The van der Waals surface area contributed by atoms with Crippen LogP contribution in [0.15, 0.2) is 103 Å². The molecule has 242 valence electrons. The molecule has 5 aromatic rings. The van der Waals surface area contributed by atoms with Gasteiger partial charge in [0.15, 0.2) is 12.4 Å². The van der Waals surface area contributed by atoms with Crippen molar-refractivity contribution in [1.82, 2.24) is 14.9 Å². The van der Waals surface area contributed by atoms with Crippen LogP contribution in [0, 0.1) is 5.92 Å². The topological polar surface area (TPSA) is 112 Å². The molecule has 1 saturated heterocycles. The molecule has 1 aliphatic heterocycles. The monoisotopic (exact) mass is 633 g/mol. The first kappa shape index (κ1) is 32.1. The zero-order chi connectivity index (χ0) is 32.9. The van der Waals surface area contributed by atoms with E-state index in [1.54, 1.807) is 6.92 Å². The number of carbonyl (C=O) groups excluding carboxylic acids is 2. The fourth-order valence-electron chi connectivity index (χ4n) is 6.01. The number of amides is 1. The Hall–Kier alpha value is -4.83. The van der Waals surface area contributed by atoms with E-state index in [0.717, 1.165) is 44.4 Å². The SMILES string of the molecule is CC(=O)OC(C)C(=O)NCc1cccc(-c2ccc(C3OC(Cn4cnc5ccccc54)C(C)C(c4ccc(CO)cc4)O3)cc2)c1. The van der Waals surface area contributed by atoms with Gasteiger partial charge in [-0.15, -0.1) is 0 Å². The lowest BCUT2D eigenvalue weighted by Crippen LogP contribution is -2.39. The number of benzene rings is 4. The lowest BCUT2D eigenvalue weighted by Gasteiger charge is -2.41. The molecule has 1 aromatic heterocycles. The van der Waals surface area contributed by atoms with E-state index in [-0.39, 0.29) is 30.6 Å². The summed E-state index contributed by atoms with van der Waals surface area (Å²) in [6, 6.07) is 32.1. The highest BCUT2D eigenvalue weighted by Crippen LogP contribution is 2.42. The van der Waals surface area contributed by atoms with Gasteiger partial charge in [0, 0.05) is 24.9 Å². The van der Waals surface area contributed by atoms with Crippen LogP contribution in [0.3, 0.4) is 0 Å². The predicted molar refractivity (Wildman–Crippen MR) is 178 cm³/mol. The molecule has 0 radical (unpaired) electrons. The summed E-state index contributed by atoms with van der Waals surface area (Å²) in [5, 5.41) is 12.4. The molecule has 5 unspecified atom stereocenters. The van der Waals surface area contributed by atoms with Crippen molar-refractivity contribution < 1.29 is 28.9 Å². The molecule has 0 bridgehead atoms. The summed E-state index contributed by atoms with van der Waals surface area (Å²) in [5.41, 5.74) is 7.72. The molecule has 1 fully saturated rings. The number of esters is 1. The largest absolute Gasteiger partial charge is 0.453 e. The van der Waals surface area contributed by atoms with E-state index >= 15 is 0 Å². The molecule has 2 N–H and O–H groups in total. The van der Waals surface area contributed by atoms with Gasteiger partial charge >= 0.3 is 5.97 Å². The third kappa shape index (κ3) is 7.44. The Kier molecular flexibility index (Phi) is 9.77. The molecule has 1 aliphatic rings. The Morgan fingerprint density at radius 1 is 0.915 bits per heavy atom. The minimum absolute atomic E-state index is 0.0113. The number of hydrogen-bond acceptors (Lipinski definition) is 7. The van der Waals surface area contributed by atoms with Crippen molar-refractivity contribution in [3.05, 3.63) is 126 Å². The van der Waals surface area contributed by atoms with Crippen molar-refractivity contribution in [1.29, 1.82) is 0 Å². The standard InChI is InChI=1S/C38H39N3O6/c1-24-35(21-41-23-40-33-9-4-5-10-34(33)41)46-38(47-36(24)30-13-11-27(22-42)12-14-30)31-17-15-29(16-18-31)32-8-6-7-28(19-32)20-39-37(44)25(2)45-26(3)43/h4-19,23-25,35-36,38,42H,20-22H2,1-3H3,(H,39,44). The highest BCUT2D eigenvalue weighted by atomic mass is 16.7. The molecule has 47 heavy (non-hydrogen) atoms. The van der Waals surface area contributed by atoms with Crippen LogP contribution in [0.4, 0.5) is 0 Å². The summed E-state index contributed by atoms with van der Waals surface area (Å²) >= 11 is 0. The molecule has 5 atom stereocenters. The number of rotatable bonds is 10. The first-order valence-corrected chi connectivity index (χ1v) is 15.8. The number of imidazole rings is 1. The van der Waals surface area contributed by atoms with Crippen molar-refractivity contribution in [2.24, 2.45) is 5.92 Å². The second-order valence-electron chi connectivity index (χ2n) is 12.0. The number of ether oxygens (including phenoxy) is 3. The van der Waals surface area contributed by atoms with Crippen LogP contribution in [-0.4, -0.2) is 38.7 Å². The molecule has 0 aliphatic carbocycles. The van der Waals surface area contributed by atoms with E-state index in [9.17, 15) is 14.7 Å². The van der Waals surface area contributed by atoms with Crippen LogP contribution in [0.5, 0.6) is 0 Å². The van der Waals surface area contributed by atoms with E-state index in [2.05, 4.69) is 27.9 Å². The quantitative estimate of drug-likeness (QED) is 0.175. The number of hydrogen-bond donors (Lipinski definition) is 2. The fraction of sp³-hybridized carbons (Fsp3) is 0.289. The third-order valence-corrected chi connectivity index (χ3v) is 8.65. The molecule has 0 spiro atoms. The van der Waals surface area contributed by atoms with E-state index in [1.807, 2.05) is 97.3 Å². The van der Waals surface area contributed by atoms with Gasteiger partial charge in [-0.3, -0.25) is 9.59 Å². The van der Waals surface area contributed by atoms with E-state index < -0.39 is 18.4 Å². The second kappa shape index (κ2) is 14.3. The minimum Gasteiger partial charge on any atom is -0.453 e. The molecule has 2 heterocycles. The Bertz CT molecular complexity index is 1830. The number of aliphatic hydroxyl groups excluding tert-OH is 1. The number of aromatic nitrogens is 2. The summed E-state index contributed by atoms with van der Waals surface area (Å²) in [5.74, 6) is -0.808. The Morgan fingerprint density at radius 3 is 2.40 bits per heavy atom. The van der Waals surface area contributed by atoms with E-state index in [0.29, 0.717) is 13.1 Å². The maximum absolute atomic E-state index is 12.3. The highest BCUT2D eigenvalue weighted by Gasteiger charge is 2.38. The van der Waals surface area contributed by atoms with Gasteiger partial charge < -0.3 is 29.2 Å². The zero-order valence-corrected chi connectivity index (χ0v) is 26.7.